The van der Waals surface area contributed by atoms with E-state index in [1.54, 1.807) is 6.92 Å². The predicted octanol–water partition coefficient (Wildman–Crippen LogP) is 3.67. The number of ether oxygens (including phenoxy) is 2. The largest absolute Gasteiger partial charge is 0.573 e. The van der Waals surface area contributed by atoms with Crippen molar-refractivity contribution in [1.29, 1.82) is 5.26 Å². The Labute approximate surface area is 220 Å². The minimum atomic E-state index is -4.97. The molecular formula is C25H22F3N7O4. The molecule has 2 saturated carbocycles. The highest BCUT2D eigenvalue weighted by Crippen LogP contribution is 2.48. The van der Waals surface area contributed by atoms with Gasteiger partial charge in [0, 0.05) is 11.5 Å². The van der Waals surface area contributed by atoms with Crippen LogP contribution < -0.4 is 10.1 Å². The molecule has 0 saturated heterocycles. The van der Waals surface area contributed by atoms with Crippen LogP contribution in [0.1, 0.15) is 82.6 Å². The molecule has 0 spiro atoms. The highest BCUT2D eigenvalue weighted by atomic mass is 19.4. The Morgan fingerprint density at radius 3 is 2.51 bits per heavy atom. The van der Waals surface area contributed by atoms with Crippen LogP contribution in [0.25, 0.3) is 5.82 Å². The van der Waals surface area contributed by atoms with Crippen LogP contribution in [0.15, 0.2) is 30.6 Å². The number of nitrogens with zero attached hydrogens (tertiary/aromatic N) is 6. The van der Waals surface area contributed by atoms with Gasteiger partial charge in [-0.15, -0.1) is 18.3 Å². The summed E-state index contributed by atoms with van der Waals surface area (Å²) in [4.78, 5) is 37.8. The lowest BCUT2D eigenvalue weighted by molar-refractivity contribution is -0.274. The zero-order valence-corrected chi connectivity index (χ0v) is 20.8. The van der Waals surface area contributed by atoms with Crippen LogP contribution >= 0.6 is 0 Å². The number of rotatable bonds is 8. The summed E-state index contributed by atoms with van der Waals surface area (Å²) in [6, 6.07) is 4.87. The van der Waals surface area contributed by atoms with Crippen LogP contribution in [0.4, 0.5) is 13.2 Å². The van der Waals surface area contributed by atoms with Crippen molar-refractivity contribution in [1.82, 2.24) is 30.0 Å². The average Bonchev–Trinajstić information content (AvgIpc) is 3.84. The molecular weight excluding hydrogens is 519 g/mol. The number of alkyl halides is 3. The fraction of sp³-hybridized carbons (Fsp3) is 0.400. The molecule has 0 radical (unpaired) electrons. The van der Waals surface area contributed by atoms with E-state index in [4.69, 9.17) is 0 Å². The lowest BCUT2D eigenvalue weighted by Gasteiger charge is -2.17. The molecule has 2 aliphatic carbocycles. The number of halogens is 3. The maximum absolute atomic E-state index is 13.2. The van der Waals surface area contributed by atoms with E-state index in [0.29, 0.717) is 24.5 Å². The predicted molar refractivity (Wildman–Crippen MR) is 126 cm³/mol. The highest BCUT2D eigenvalue weighted by Gasteiger charge is 2.46. The Kier molecular flexibility index (Phi) is 6.45. The summed E-state index contributed by atoms with van der Waals surface area (Å²) in [5.41, 5.74) is -0.769. The SMILES string of the molecule is COC(=O)c1cnc(-n2nc(C3CC3)nc2C(C)NC(=O)c2cc(OC(F)(F)F)cc(C3(C#N)CC3)c2)cn1. The monoisotopic (exact) mass is 541 g/mol. The van der Waals surface area contributed by atoms with Crippen molar-refractivity contribution in [2.75, 3.05) is 7.11 Å². The summed E-state index contributed by atoms with van der Waals surface area (Å²) in [7, 11) is 1.22. The molecule has 2 aliphatic rings. The summed E-state index contributed by atoms with van der Waals surface area (Å²) >= 11 is 0. The number of nitriles is 1. The van der Waals surface area contributed by atoms with Gasteiger partial charge < -0.3 is 14.8 Å². The fourth-order valence-electron chi connectivity index (χ4n) is 4.08. The second-order valence-corrected chi connectivity index (χ2v) is 9.45. The van der Waals surface area contributed by atoms with Crippen LogP contribution in [0.2, 0.25) is 0 Å². The van der Waals surface area contributed by atoms with E-state index in [9.17, 15) is 28.0 Å². The highest BCUT2D eigenvalue weighted by molar-refractivity contribution is 5.95. The number of amides is 1. The standard InChI is InChI=1S/C25H22F3N7O4/c1-13(21-33-20(14-3-4-14)34-35(21)19-11-30-18(10-31-19)23(37)38-2)32-22(36)15-7-16(24(12-29)5-6-24)9-17(8-15)39-25(26,27)28/h7-11,13-14H,3-6H2,1-2H3,(H,32,36). The summed E-state index contributed by atoms with van der Waals surface area (Å²) in [6.45, 7) is 1.64. The summed E-state index contributed by atoms with van der Waals surface area (Å²) in [5, 5.41) is 16.8. The Bertz CT molecular complexity index is 1470. The van der Waals surface area contributed by atoms with Gasteiger partial charge in [-0.05, 0) is 56.4 Å². The molecule has 11 nitrogen and oxygen atoms in total. The molecule has 2 aromatic heterocycles. The number of hydrogen-bond acceptors (Lipinski definition) is 9. The molecule has 5 rings (SSSR count). The first-order valence-electron chi connectivity index (χ1n) is 12.0. The Hall–Kier alpha value is -4.54. The maximum Gasteiger partial charge on any atom is 0.573 e. The molecule has 1 atom stereocenters. The van der Waals surface area contributed by atoms with E-state index in [2.05, 4.69) is 40.9 Å². The third kappa shape index (κ3) is 5.52. The molecule has 0 bridgehead atoms. The van der Waals surface area contributed by atoms with Gasteiger partial charge in [0.2, 0.25) is 0 Å². The summed E-state index contributed by atoms with van der Waals surface area (Å²) in [5.74, 6) is -0.672. The van der Waals surface area contributed by atoms with Gasteiger partial charge >= 0.3 is 12.3 Å². The number of hydrogen-bond donors (Lipinski definition) is 1. The molecule has 2 heterocycles. The number of aromatic nitrogens is 5. The number of methoxy groups -OCH3 is 1. The Balaban J connectivity index is 1.44. The Morgan fingerprint density at radius 2 is 1.95 bits per heavy atom. The van der Waals surface area contributed by atoms with E-state index in [1.807, 2.05) is 0 Å². The topological polar surface area (TPSA) is 145 Å². The van der Waals surface area contributed by atoms with Gasteiger partial charge in [0.25, 0.3) is 5.91 Å². The Morgan fingerprint density at radius 1 is 1.21 bits per heavy atom. The quantitative estimate of drug-likeness (QED) is 0.422. The molecule has 1 aromatic carbocycles. The number of carbonyl (C=O) groups is 2. The zero-order valence-electron chi connectivity index (χ0n) is 20.8. The van der Waals surface area contributed by atoms with Crippen LogP contribution in [-0.4, -0.2) is 50.1 Å². The van der Waals surface area contributed by atoms with Crippen molar-refractivity contribution < 1.29 is 32.2 Å². The van der Waals surface area contributed by atoms with Crippen LogP contribution in [0.5, 0.6) is 5.75 Å². The van der Waals surface area contributed by atoms with E-state index in [0.717, 1.165) is 25.0 Å². The third-order valence-corrected chi connectivity index (χ3v) is 6.49. The molecule has 14 heteroatoms. The summed E-state index contributed by atoms with van der Waals surface area (Å²) in [6.07, 6.45) is 0.334. The van der Waals surface area contributed by atoms with Gasteiger partial charge in [0.1, 0.15) is 5.75 Å². The second-order valence-electron chi connectivity index (χ2n) is 9.45. The van der Waals surface area contributed by atoms with Gasteiger partial charge in [0.15, 0.2) is 23.2 Å². The third-order valence-electron chi connectivity index (χ3n) is 6.49. The molecule has 1 amide bonds. The van der Waals surface area contributed by atoms with Gasteiger partial charge in [-0.2, -0.15) is 9.94 Å². The summed E-state index contributed by atoms with van der Waals surface area (Å²) < 4.78 is 49.0. The lowest BCUT2D eigenvalue weighted by Crippen LogP contribution is -2.29. The minimum absolute atomic E-state index is 0.00533. The first-order chi connectivity index (χ1) is 18.5. The van der Waals surface area contributed by atoms with Crippen molar-refractivity contribution in [2.45, 2.75) is 56.3 Å². The second kappa shape index (κ2) is 9.64. The van der Waals surface area contributed by atoms with E-state index in [-0.39, 0.29) is 28.6 Å². The number of nitrogens with one attached hydrogen (secondary N) is 1. The van der Waals surface area contributed by atoms with Crippen molar-refractivity contribution in [3.8, 4) is 17.6 Å². The van der Waals surface area contributed by atoms with Crippen molar-refractivity contribution >= 4 is 11.9 Å². The number of benzene rings is 1. The van der Waals surface area contributed by atoms with Gasteiger partial charge in [-0.25, -0.2) is 19.7 Å². The van der Waals surface area contributed by atoms with E-state index >= 15 is 0 Å². The van der Waals surface area contributed by atoms with Gasteiger partial charge in [0.05, 0.1) is 37.0 Å². The number of carbonyl (C=O) groups excluding carboxylic acids is 2. The molecule has 39 heavy (non-hydrogen) atoms. The normalized spacial score (nSPS) is 16.6. The number of esters is 1. The van der Waals surface area contributed by atoms with E-state index < -0.39 is 35.4 Å². The minimum Gasteiger partial charge on any atom is -0.464 e. The smallest absolute Gasteiger partial charge is 0.464 e. The van der Waals surface area contributed by atoms with Gasteiger partial charge in [-0.1, -0.05) is 0 Å². The molecule has 1 N–H and O–H groups in total. The van der Waals surface area contributed by atoms with Crippen LogP contribution in [0.3, 0.4) is 0 Å². The van der Waals surface area contributed by atoms with Gasteiger partial charge in [-0.3, -0.25) is 4.79 Å². The van der Waals surface area contributed by atoms with Crippen molar-refractivity contribution in [3.05, 3.63) is 59.1 Å². The molecule has 2 fully saturated rings. The van der Waals surface area contributed by atoms with Crippen molar-refractivity contribution in [3.63, 3.8) is 0 Å². The molecule has 1 unspecified atom stereocenters. The fourth-order valence-corrected chi connectivity index (χ4v) is 4.08. The maximum atomic E-state index is 13.2. The molecule has 202 valence electrons. The molecule has 3 aromatic rings. The van der Waals surface area contributed by atoms with Crippen molar-refractivity contribution in [2.24, 2.45) is 0 Å². The zero-order chi connectivity index (χ0) is 27.9. The molecule has 0 aliphatic heterocycles. The van der Waals surface area contributed by atoms with E-state index in [1.165, 1.54) is 30.3 Å². The van der Waals surface area contributed by atoms with Crippen LogP contribution in [-0.2, 0) is 10.2 Å². The first-order valence-corrected chi connectivity index (χ1v) is 12.0. The first kappa shape index (κ1) is 26.1. The lowest BCUT2D eigenvalue weighted by atomic mass is 9.95. The average molecular weight is 541 g/mol. The van der Waals surface area contributed by atoms with Crippen LogP contribution in [0, 0.1) is 11.3 Å².